The second-order valence-corrected chi connectivity index (χ2v) is 8.25. The lowest BCUT2D eigenvalue weighted by molar-refractivity contribution is -0.114. The minimum atomic E-state index is -0.144. The molecule has 0 radical (unpaired) electrons. The molecule has 0 N–H and O–H groups in total. The molecular formula is C19H18N4O2S2. The number of nitrogens with zero attached hydrogens (tertiary/aromatic N) is 4. The van der Waals surface area contributed by atoms with Crippen molar-refractivity contribution in [1.82, 2.24) is 13.8 Å². The molecule has 2 aromatic heterocycles. The number of rotatable bonds is 2. The van der Waals surface area contributed by atoms with Gasteiger partial charge in [-0.15, -0.1) is 0 Å². The highest BCUT2D eigenvalue weighted by atomic mass is 32.2. The zero-order valence-corrected chi connectivity index (χ0v) is 17.0. The average Bonchev–Trinajstić information content (AvgIpc) is 3.18. The van der Waals surface area contributed by atoms with Gasteiger partial charge >= 0.3 is 5.69 Å². The first-order valence-corrected chi connectivity index (χ1v) is 9.60. The molecule has 1 aromatic carbocycles. The van der Waals surface area contributed by atoms with Crippen LogP contribution >= 0.6 is 24.0 Å². The van der Waals surface area contributed by atoms with Gasteiger partial charge in [0.05, 0.1) is 15.9 Å². The molecule has 4 rings (SSSR count). The van der Waals surface area contributed by atoms with Crippen LogP contribution in [0.2, 0.25) is 0 Å². The van der Waals surface area contributed by atoms with Crippen LogP contribution in [0.3, 0.4) is 0 Å². The van der Waals surface area contributed by atoms with Crippen LogP contribution in [-0.4, -0.2) is 24.0 Å². The van der Waals surface area contributed by atoms with Gasteiger partial charge in [-0.3, -0.25) is 18.6 Å². The molecule has 1 saturated heterocycles. The number of fused-ring (bicyclic) bond motifs is 1. The summed E-state index contributed by atoms with van der Waals surface area (Å²) in [5.41, 5.74) is 4.35. The van der Waals surface area contributed by atoms with E-state index in [1.165, 1.54) is 16.8 Å². The van der Waals surface area contributed by atoms with E-state index in [1.54, 1.807) is 23.2 Å². The average molecular weight is 399 g/mol. The predicted octanol–water partition coefficient (Wildman–Crippen LogP) is 2.83. The Morgan fingerprint density at radius 1 is 0.963 bits per heavy atom. The first kappa shape index (κ1) is 17.8. The third-order valence-corrected chi connectivity index (χ3v) is 6.08. The molecule has 0 atom stereocenters. The maximum Gasteiger partial charge on any atom is 0.328 e. The van der Waals surface area contributed by atoms with E-state index < -0.39 is 0 Å². The first-order valence-electron chi connectivity index (χ1n) is 8.38. The number of benzene rings is 1. The topological polar surface area (TPSA) is 52.2 Å². The number of carbonyl (C=O) groups is 1. The van der Waals surface area contributed by atoms with E-state index in [9.17, 15) is 9.59 Å². The number of aromatic nitrogens is 3. The van der Waals surface area contributed by atoms with Crippen LogP contribution in [0.4, 0.5) is 0 Å². The van der Waals surface area contributed by atoms with Gasteiger partial charge in [0.15, 0.2) is 4.32 Å². The second kappa shape index (κ2) is 6.24. The highest BCUT2D eigenvalue weighted by molar-refractivity contribution is 8.27. The fourth-order valence-electron chi connectivity index (χ4n) is 3.37. The number of hydrogen-bond acceptors (Lipinski definition) is 4. The van der Waals surface area contributed by atoms with E-state index >= 15 is 0 Å². The number of amides is 1. The Labute approximate surface area is 165 Å². The van der Waals surface area contributed by atoms with Gasteiger partial charge in [0.25, 0.3) is 5.91 Å². The molecular weight excluding hydrogens is 380 g/mol. The van der Waals surface area contributed by atoms with Crippen molar-refractivity contribution in [3.05, 3.63) is 62.7 Å². The third-order valence-electron chi connectivity index (χ3n) is 4.80. The Bertz CT molecular complexity index is 1190. The van der Waals surface area contributed by atoms with Crippen LogP contribution in [-0.2, 0) is 18.9 Å². The maximum atomic E-state index is 13.0. The molecule has 1 fully saturated rings. The van der Waals surface area contributed by atoms with Gasteiger partial charge in [0.1, 0.15) is 0 Å². The summed E-state index contributed by atoms with van der Waals surface area (Å²) in [5.74, 6) is -0.144. The number of imidazole rings is 1. The minimum absolute atomic E-state index is 0.0768. The Morgan fingerprint density at radius 2 is 1.59 bits per heavy atom. The summed E-state index contributed by atoms with van der Waals surface area (Å²) in [6.45, 7) is 3.89. The van der Waals surface area contributed by atoms with Crippen LogP contribution in [0.25, 0.3) is 17.1 Å². The van der Waals surface area contributed by atoms with Crippen LogP contribution in [0.1, 0.15) is 17.0 Å². The molecule has 1 aliphatic heterocycles. The van der Waals surface area contributed by atoms with E-state index in [0.717, 1.165) is 28.0 Å². The summed E-state index contributed by atoms with van der Waals surface area (Å²) in [6, 6.07) is 9.63. The van der Waals surface area contributed by atoms with Crippen LogP contribution in [0, 0.1) is 13.8 Å². The van der Waals surface area contributed by atoms with Crippen molar-refractivity contribution in [3.8, 4) is 0 Å². The molecule has 138 valence electrons. The smallest absolute Gasteiger partial charge is 0.295 e. The normalized spacial score (nSPS) is 16.3. The zero-order valence-electron chi connectivity index (χ0n) is 15.4. The second-order valence-electron chi connectivity index (χ2n) is 6.57. The molecule has 0 spiro atoms. The summed E-state index contributed by atoms with van der Waals surface area (Å²) in [6.07, 6.45) is 1.82. The quantitative estimate of drug-likeness (QED) is 0.492. The lowest BCUT2D eigenvalue weighted by Gasteiger charge is -2.20. The van der Waals surface area contributed by atoms with E-state index in [0.29, 0.717) is 9.23 Å². The van der Waals surface area contributed by atoms with Crippen molar-refractivity contribution in [2.24, 2.45) is 14.1 Å². The Kier molecular flexibility index (Phi) is 4.12. The molecule has 0 unspecified atom stereocenters. The summed E-state index contributed by atoms with van der Waals surface area (Å²) in [7, 11) is 3.49. The van der Waals surface area contributed by atoms with Crippen molar-refractivity contribution in [2.45, 2.75) is 13.8 Å². The zero-order chi connectivity index (χ0) is 19.5. The van der Waals surface area contributed by atoms with Crippen molar-refractivity contribution < 1.29 is 4.79 Å². The largest absolute Gasteiger partial charge is 0.328 e. The monoisotopic (exact) mass is 398 g/mol. The van der Waals surface area contributed by atoms with Gasteiger partial charge in [-0.05, 0) is 62.0 Å². The van der Waals surface area contributed by atoms with Crippen molar-refractivity contribution in [2.75, 3.05) is 5.01 Å². The summed E-state index contributed by atoms with van der Waals surface area (Å²) >= 11 is 6.74. The van der Waals surface area contributed by atoms with Gasteiger partial charge in [0, 0.05) is 25.5 Å². The minimum Gasteiger partial charge on any atom is -0.295 e. The molecule has 8 heteroatoms. The number of thiocarbonyl (C=S) groups is 1. The first-order chi connectivity index (χ1) is 12.8. The standard InChI is InChI=1S/C19H18N4O2S2/c1-11-5-6-12(2)22(11)23-17(24)16(27-19(23)26)10-13-7-8-14-15(9-13)21(4)18(25)20(14)3/h5-10H,1-4H3/b16-10+. The van der Waals surface area contributed by atoms with Gasteiger partial charge < -0.3 is 0 Å². The summed E-state index contributed by atoms with van der Waals surface area (Å²) in [5, 5.41) is 1.54. The van der Waals surface area contributed by atoms with Crippen LogP contribution in [0.15, 0.2) is 40.0 Å². The number of carbonyl (C=O) groups excluding carboxylic acids is 1. The van der Waals surface area contributed by atoms with E-state index in [4.69, 9.17) is 12.2 Å². The van der Waals surface area contributed by atoms with Crippen molar-refractivity contribution in [3.63, 3.8) is 0 Å². The third kappa shape index (κ3) is 2.67. The molecule has 3 aromatic rings. The molecule has 6 nitrogen and oxygen atoms in total. The van der Waals surface area contributed by atoms with Gasteiger partial charge in [-0.1, -0.05) is 17.8 Å². The SMILES string of the molecule is Cc1ccc(C)n1N1C(=O)/C(=C\c2ccc3c(c2)n(C)c(=O)n3C)SC1=S. The summed E-state index contributed by atoms with van der Waals surface area (Å²) < 4.78 is 5.55. The lowest BCUT2D eigenvalue weighted by Crippen LogP contribution is -2.39. The van der Waals surface area contributed by atoms with Crippen LogP contribution in [0.5, 0.6) is 0 Å². The maximum absolute atomic E-state index is 13.0. The van der Waals surface area contributed by atoms with Crippen molar-refractivity contribution in [1.29, 1.82) is 0 Å². The van der Waals surface area contributed by atoms with Crippen LogP contribution < -0.4 is 10.7 Å². The van der Waals surface area contributed by atoms with E-state index in [-0.39, 0.29) is 11.6 Å². The fraction of sp³-hybridized carbons (Fsp3) is 0.211. The lowest BCUT2D eigenvalue weighted by atomic mass is 10.2. The number of hydrogen-bond donors (Lipinski definition) is 0. The highest BCUT2D eigenvalue weighted by Crippen LogP contribution is 2.33. The van der Waals surface area contributed by atoms with Gasteiger partial charge in [-0.25, -0.2) is 4.79 Å². The van der Waals surface area contributed by atoms with Crippen molar-refractivity contribution >= 4 is 51.3 Å². The fourth-order valence-corrected chi connectivity index (χ4v) is 4.61. The van der Waals surface area contributed by atoms with E-state index in [1.807, 2.05) is 54.9 Å². The van der Waals surface area contributed by atoms with Gasteiger partial charge in [-0.2, -0.15) is 5.01 Å². The molecule has 0 saturated carbocycles. The number of aryl methyl sites for hydroxylation is 4. The highest BCUT2D eigenvalue weighted by Gasteiger charge is 2.34. The van der Waals surface area contributed by atoms with E-state index in [2.05, 4.69) is 0 Å². The molecule has 1 amide bonds. The number of thioether (sulfide) groups is 1. The molecule has 0 bridgehead atoms. The molecule has 0 aliphatic carbocycles. The Morgan fingerprint density at radius 3 is 2.26 bits per heavy atom. The van der Waals surface area contributed by atoms with Gasteiger partial charge in [0.2, 0.25) is 0 Å². The Hall–Kier alpha value is -2.58. The summed E-state index contributed by atoms with van der Waals surface area (Å²) in [4.78, 5) is 25.6. The molecule has 3 heterocycles. The predicted molar refractivity (Wildman–Crippen MR) is 113 cm³/mol. The molecule has 27 heavy (non-hydrogen) atoms. The Balaban J connectivity index is 1.76. The molecule has 1 aliphatic rings.